The smallest absolute Gasteiger partial charge is 0.413 e. The fourth-order valence-corrected chi connectivity index (χ4v) is 5.48. The first-order valence-electron chi connectivity index (χ1n) is 11.1. The quantitative estimate of drug-likeness (QED) is 0.424. The van der Waals surface area contributed by atoms with Crippen LogP contribution in [0.15, 0.2) is 47.4 Å². The number of aliphatic hydroxyl groups excluding tert-OH is 1. The summed E-state index contributed by atoms with van der Waals surface area (Å²) in [4.78, 5) is 29.4. The Morgan fingerprint density at radius 1 is 1.31 bits per heavy atom. The van der Waals surface area contributed by atoms with Crippen molar-refractivity contribution in [3.8, 4) is 5.75 Å². The zero-order chi connectivity index (χ0) is 26.1. The molecule has 5 atom stereocenters. The fraction of sp³-hybridized carbons (Fsp3) is 0.476. The fourth-order valence-electron chi connectivity index (χ4n) is 3.94. The largest absolute Gasteiger partial charge is 0.459 e. The van der Waals surface area contributed by atoms with Crippen LogP contribution in [0.25, 0.3) is 0 Å². The van der Waals surface area contributed by atoms with Crippen LogP contribution >= 0.6 is 7.75 Å². The summed E-state index contributed by atoms with van der Waals surface area (Å²) < 4.78 is 60.0. The van der Waals surface area contributed by atoms with Gasteiger partial charge in [0, 0.05) is 19.8 Å². The highest BCUT2D eigenvalue weighted by Crippen LogP contribution is 2.48. The zero-order valence-electron chi connectivity index (χ0n) is 19.2. The van der Waals surface area contributed by atoms with Crippen LogP contribution in [0.5, 0.6) is 5.75 Å². The number of benzene rings is 1. The zero-order valence-corrected chi connectivity index (χ0v) is 20.1. The van der Waals surface area contributed by atoms with Crippen molar-refractivity contribution in [2.75, 3.05) is 25.9 Å². The van der Waals surface area contributed by atoms with Gasteiger partial charge in [-0.15, -0.1) is 0 Å². The molecule has 2 aromatic rings. The van der Waals surface area contributed by atoms with Crippen molar-refractivity contribution in [3.05, 3.63) is 53.1 Å². The number of alkyl halides is 2. The predicted octanol–water partition coefficient (Wildman–Crippen LogP) is 1.13. The van der Waals surface area contributed by atoms with E-state index in [0.29, 0.717) is 24.0 Å². The molecular formula is C21H26F2N5O7P. The van der Waals surface area contributed by atoms with Crippen LogP contribution in [-0.2, 0) is 18.6 Å². The van der Waals surface area contributed by atoms with Gasteiger partial charge in [0.1, 0.15) is 17.7 Å². The molecule has 1 aromatic heterocycles. The van der Waals surface area contributed by atoms with Gasteiger partial charge >= 0.3 is 19.4 Å². The second-order valence-electron chi connectivity index (χ2n) is 8.47. The van der Waals surface area contributed by atoms with Gasteiger partial charge in [0.15, 0.2) is 6.10 Å². The highest BCUT2D eigenvalue weighted by atomic mass is 31.2. The average molecular weight is 529 g/mol. The van der Waals surface area contributed by atoms with Gasteiger partial charge < -0.3 is 25.0 Å². The number of ether oxygens (including phenoxy) is 1. The van der Waals surface area contributed by atoms with Gasteiger partial charge in [-0.2, -0.15) is 18.9 Å². The van der Waals surface area contributed by atoms with E-state index in [2.05, 4.69) is 10.1 Å². The van der Waals surface area contributed by atoms with E-state index in [-0.39, 0.29) is 17.5 Å². The molecule has 1 aromatic carbocycles. The SMILES string of the molecule is CN1CCCC(NP(=O)(OCC2O[C@@H](n3ccc(N)nc3=O)C(F)(F)[C@@H]2O)Oc2ccccc2)C1=O. The molecule has 0 spiro atoms. The highest BCUT2D eigenvalue weighted by molar-refractivity contribution is 7.52. The third-order valence-electron chi connectivity index (χ3n) is 5.84. The number of piperidine rings is 1. The number of hydrogen-bond acceptors (Lipinski definition) is 9. The van der Waals surface area contributed by atoms with E-state index in [0.717, 1.165) is 12.3 Å². The van der Waals surface area contributed by atoms with Crippen LogP contribution in [0, 0.1) is 0 Å². The number of amides is 1. The van der Waals surface area contributed by atoms with E-state index in [1.165, 1.54) is 17.0 Å². The second kappa shape index (κ2) is 10.2. The molecule has 12 nitrogen and oxygen atoms in total. The lowest BCUT2D eigenvalue weighted by Gasteiger charge is -2.32. The normalized spacial score (nSPS) is 27.6. The van der Waals surface area contributed by atoms with Gasteiger partial charge in [0.25, 0.3) is 0 Å². The topological polar surface area (TPSA) is 158 Å². The number of aliphatic hydroxyl groups is 1. The van der Waals surface area contributed by atoms with Crippen molar-refractivity contribution in [2.45, 2.75) is 43.2 Å². The van der Waals surface area contributed by atoms with E-state index < -0.39 is 50.4 Å². The summed E-state index contributed by atoms with van der Waals surface area (Å²) in [7, 11) is -2.74. The number of hydrogen-bond donors (Lipinski definition) is 3. The highest BCUT2D eigenvalue weighted by Gasteiger charge is 2.60. The molecular weight excluding hydrogens is 503 g/mol. The molecule has 36 heavy (non-hydrogen) atoms. The number of halogens is 2. The number of carbonyl (C=O) groups is 1. The summed E-state index contributed by atoms with van der Waals surface area (Å²) in [6.07, 6.45) is -4.38. The molecule has 3 unspecified atom stereocenters. The van der Waals surface area contributed by atoms with Crippen LogP contribution in [0.3, 0.4) is 0 Å². The van der Waals surface area contributed by atoms with Crippen molar-refractivity contribution < 1.29 is 37.0 Å². The van der Waals surface area contributed by atoms with Gasteiger partial charge in [0.05, 0.1) is 12.6 Å². The summed E-state index contributed by atoms with van der Waals surface area (Å²) in [6.45, 7) is -0.280. The Hall–Kier alpha value is -2.90. The van der Waals surface area contributed by atoms with Crippen LogP contribution in [-0.4, -0.2) is 69.8 Å². The number of para-hydroxylation sites is 1. The number of likely N-dealkylation sites (N-methyl/N-ethyl adjacent to an activating group) is 1. The lowest BCUT2D eigenvalue weighted by molar-refractivity contribution is -0.140. The number of nitrogen functional groups attached to an aromatic ring is 1. The number of nitrogens with one attached hydrogen (secondary N) is 1. The third-order valence-corrected chi connectivity index (χ3v) is 7.40. The van der Waals surface area contributed by atoms with Crippen molar-refractivity contribution in [2.24, 2.45) is 0 Å². The summed E-state index contributed by atoms with van der Waals surface area (Å²) in [5, 5.41) is 12.8. The molecule has 0 radical (unpaired) electrons. The minimum absolute atomic E-state index is 0.139. The Morgan fingerprint density at radius 3 is 2.72 bits per heavy atom. The van der Waals surface area contributed by atoms with Crippen LogP contribution < -0.4 is 21.0 Å². The van der Waals surface area contributed by atoms with Crippen molar-refractivity contribution in [1.29, 1.82) is 0 Å². The first-order chi connectivity index (χ1) is 17.0. The number of likely N-dealkylation sites (tertiary alicyclic amines) is 1. The van der Waals surface area contributed by atoms with Gasteiger partial charge in [-0.1, -0.05) is 18.2 Å². The molecule has 2 saturated heterocycles. The molecule has 2 fully saturated rings. The summed E-state index contributed by atoms with van der Waals surface area (Å²) in [5.41, 5.74) is 4.30. The summed E-state index contributed by atoms with van der Waals surface area (Å²) in [6, 6.07) is 8.16. The second-order valence-corrected chi connectivity index (χ2v) is 10.2. The minimum Gasteiger partial charge on any atom is -0.413 e. The Labute approximate surface area is 204 Å². The third kappa shape index (κ3) is 5.42. The molecule has 3 heterocycles. The Balaban J connectivity index is 1.53. The molecule has 196 valence electrons. The van der Waals surface area contributed by atoms with E-state index in [1.807, 2.05) is 0 Å². The standard InChI is InChI=1S/C21H26F2N5O7P/c1-27-10-5-8-14(18(27)30)26-36(32,35-13-6-3-2-4-7-13)33-12-15-17(29)21(22,23)19(34-15)28-11-9-16(24)25-20(28)31/h2-4,6-7,9,11,14-15,17,19,29H,5,8,10,12H2,1H3,(H,26,32)(H2,24,25,31)/t14?,15?,17-,19-,36?/m1/s1. The lowest BCUT2D eigenvalue weighted by atomic mass is 10.1. The summed E-state index contributed by atoms with van der Waals surface area (Å²) in [5.74, 6) is -4.29. The van der Waals surface area contributed by atoms with Gasteiger partial charge in [-0.3, -0.25) is 13.9 Å². The van der Waals surface area contributed by atoms with Gasteiger partial charge in [-0.25, -0.2) is 9.36 Å². The first-order valence-corrected chi connectivity index (χ1v) is 12.6. The number of nitrogens with two attached hydrogens (primary N) is 1. The van der Waals surface area contributed by atoms with Crippen LogP contribution in [0.4, 0.5) is 14.6 Å². The van der Waals surface area contributed by atoms with E-state index >= 15 is 0 Å². The van der Waals surface area contributed by atoms with E-state index in [4.69, 9.17) is 19.5 Å². The molecule has 2 aliphatic rings. The van der Waals surface area contributed by atoms with E-state index in [1.54, 1.807) is 25.2 Å². The number of aromatic nitrogens is 2. The molecule has 2 aliphatic heterocycles. The average Bonchev–Trinajstić information content (AvgIpc) is 3.05. The first kappa shape index (κ1) is 26.2. The minimum atomic E-state index is -4.33. The van der Waals surface area contributed by atoms with E-state index in [9.17, 15) is 28.0 Å². The number of rotatable bonds is 8. The van der Waals surface area contributed by atoms with Crippen LogP contribution in [0.2, 0.25) is 0 Å². The lowest BCUT2D eigenvalue weighted by Crippen LogP contribution is -2.48. The molecule has 15 heteroatoms. The Kier molecular flexibility index (Phi) is 7.43. The molecule has 0 aliphatic carbocycles. The maximum Gasteiger partial charge on any atom is 0.459 e. The summed E-state index contributed by atoms with van der Waals surface area (Å²) >= 11 is 0. The van der Waals surface area contributed by atoms with Gasteiger partial charge in [-0.05, 0) is 31.0 Å². The van der Waals surface area contributed by atoms with Crippen molar-refractivity contribution in [3.63, 3.8) is 0 Å². The van der Waals surface area contributed by atoms with Crippen LogP contribution in [0.1, 0.15) is 19.1 Å². The molecule has 4 N–H and O–H groups in total. The number of anilines is 1. The maximum absolute atomic E-state index is 14.8. The maximum atomic E-state index is 14.8. The predicted molar refractivity (Wildman–Crippen MR) is 122 cm³/mol. The Bertz CT molecular complexity index is 1200. The van der Waals surface area contributed by atoms with Crippen molar-refractivity contribution >= 4 is 19.5 Å². The monoisotopic (exact) mass is 529 g/mol. The van der Waals surface area contributed by atoms with Gasteiger partial charge in [0.2, 0.25) is 12.1 Å². The molecule has 4 rings (SSSR count). The molecule has 0 saturated carbocycles. The molecule has 0 bridgehead atoms. The number of nitrogens with zero attached hydrogens (tertiary/aromatic N) is 3. The number of carbonyl (C=O) groups excluding carboxylic acids is 1. The van der Waals surface area contributed by atoms with Crippen molar-refractivity contribution in [1.82, 2.24) is 19.5 Å². The Morgan fingerprint density at radius 2 is 2.03 bits per heavy atom. The molecule has 1 amide bonds.